The number of ether oxygens (including phenoxy) is 1. The minimum absolute atomic E-state index is 0.0295. The maximum atomic E-state index is 13.4. The number of nitrogens with zero attached hydrogens (tertiary/aromatic N) is 1. The molecule has 1 unspecified atom stereocenters. The predicted octanol–water partition coefficient (Wildman–Crippen LogP) is 5.50. The lowest BCUT2D eigenvalue weighted by atomic mass is 9.94. The number of likely N-dealkylation sites (tertiary alicyclic amines) is 1. The van der Waals surface area contributed by atoms with Gasteiger partial charge < -0.3 is 19.8 Å². The Hall–Kier alpha value is -4.13. The van der Waals surface area contributed by atoms with Gasteiger partial charge in [0.05, 0.1) is 18.2 Å². The lowest BCUT2D eigenvalue weighted by Gasteiger charge is -2.25. The quantitative estimate of drug-likeness (QED) is 0.260. The van der Waals surface area contributed by atoms with Crippen LogP contribution in [0.2, 0.25) is 0 Å². The number of aliphatic hydroxyl groups is 1. The van der Waals surface area contributed by atoms with E-state index >= 15 is 0 Å². The van der Waals surface area contributed by atoms with E-state index in [9.17, 15) is 24.2 Å². The van der Waals surface area contributed by atoms with Crippen molar-refractivity contribution in [2.45, 2.75) is 33.4 Å². The summed E-state index contributed by atoms with van der Waals surface area (Å²) < 4.78 is 19.2. The zero-order valence-electron chi connectivity index (χ0n) is 20.4. The number of aryl methyl sites for hydroxylation is 1. The molecule has 186 valence electrons. The van der Waals surface area contributed by atoms with E-state index in [1.807, 2.05) is 20.8 Å². The van der Waals surface area contributed by atoms with Crippen molar-refractivity contribution in [1.29, 1.82) is 0 Å². The molecule has 0 saturated carbocycles. The monoisotopic (exact) mass is 489 g/mol. The fourth-order valence-corrected chi connectivity index (χ4v) is 4.20. The number of Topliss-reactive ketones (excluding diaryl/α,β-unsaturated/α-hetero) is 1. The molecule has 1 heterocycles. The SMILES string of the molecule is Cc1cc(/C(O)=C2/C(=O)C(=O)N(Cc3ccc(F)cc3)C2c2ccc(O)cc2)ccc1OCC(C)C. The first kappa shape index (κ1) is 25.0. The highest BCUT2D eigenvalue weighted by molar-refractivity contribution is 6.46. The Morgan fingerprint density at radius 1 is 1.03 bits per heavy atom. The van der Waals surface area contributed by atoms with E-state index in [2.05, 4.69) is 0 Å². The molecule has 0 aliphatic carbocycles. The highest BCUT2D eigenvalue weighted by atomic mass is 19.1. The third kappa shape index (κ3) is 5.10. The van der Waals surface area contributed by atoms with Crippen molar-refractivity contribution in [2.24, 2.45) is 5.92 Å². The molecule has 1 fully saturated rings. The number of phenols is 1. The molecule has 4 rings (SSSR count). The standard InChI is InChI=1S/C29H28FNO5/c1-17(2)16-36-24-13-8-21(14-18(24)3)27(33)25-26(20-6-11-23(32)12-7-20)31(29(35)28(25)34)15-19-4-9-22(30)10-5-19/h4-14,17,26,32-33H,15-16H2,1-3H3/b27-25-. The van der Waals surface area contributed by atoms with E-state index in [1.165, 1.54) is 29.2 Å². The van der Waals surface area contributed by atoms with Gasteiger partial charge in [-0.15, -0.1) is 0 Å². The molecule has 0 spiro atoms. The van der Waals surface area contributed by atoms with Crippen LogP contribution in [0.4, 0.5) is 4.39 Å². The van der Waals surface area contributed by atoms with Crippen molar-refractivity contribution in [2.75, 3.05) is 6.61 Å². The topological polar surface area (TPSA) is 87.1 Å². The third-order valence-corrected chi connectivity index (χ3v) is 6.04. The molecule has 2 N–H and O–H groups in total. The minimum atomic E-state index is -0.896. The number of carbonyl (C=O) groups excluding carboxylic acids is 2. The number of phenolic OH excluding ortho intramolecular Hbond substituents is 1. The van der Waals surface area contributed by atoms with Crippen LogP contribution in [-0.2, 0) is 16.1 Å². The van der Waals surface area contributed by atoms with Crippen LogP contribution < -0.4 is 4.74 Å². The molecule has 1 saturated heterocycles. The molecule has 7 heteroatoms. The molecule has 1 atom stereocenters. The molecule has 6 nitrogen and oxygen atoms in total. The van der Waals surface area contributed by atoms with E-state index in [-0.39, 0.29) is 23.6 Å². The number of hydrogen-bond acceptors (Lipinski definition) is 5. The summed E-state index contributed by atoms with van der Waals surface area (Å²) in [5.41, 5.74) is 2.28. The van der Waals surface area contributed by atoms with Gasteiger partial charge in [0.2, 0.25) is 0 Å². The number of carbonyl (C=O) groups is 2. The first-order valence-corrected chi connectivity index (χ1v) is 11.7. The number of rotatable bonds is 7. The molecular weight excluding hydrogens is 461 g/mol. The summed E-state index contributed by atoms with van der Waals surface area (Å²) in [5.74, 6) is -1.24. The van der Waals surface area contributed by atoms with Gasteiger partial charge in [-0.05, 0) is 72.0 Å². The predicted molar refractivity (Wildman–Crippen MR) is 134 cm³/mol. The third-order valence-electron chi connectivity index (χ3n) is 6.04. The number of hydrogen-bond donors (Lipinski definition) is 2. The number of benzene rings is 3. The van der Waals surface area contributed by atoms with Gasteiger partial charge in [-0.3, -0.25) is 9.59 Å². The molecule has 1 aliphatic heterocycles. The Morgan fingerprint density at radius 2 is 1.69 bits per heavy atom. The van der Waals surface area contributed by atoms with E-state index in [4.69, 9.17) is 4.74 Å². The van der Waals surface area contributed by atoms with Gasteiger partial charge in [0.1, 0.15) is 23.1 Å². The zero-order valence-corrected chi connectivity index (χ0v) is 20.4. The first-order chi connectivity index (χ1) is 17.2. The van der Waals surface area contributed by atoms with Crippen LogP contribution in [-0.4, -0.2) is 33.4 Å². The molecule has 1 amide bonds. The maximum absolute atomic E-state index is 13.4. The summed E-state index contributed by atoms with van der Waals surface area (Å²) >= 11 is 0. The molecule has 3 aromatic rings. The van der Waals surface area contributed by atoms with Gasteiger partial charge >= 0.3 is 0 Å². The van der Waals surface area contributed by atoms with Crippen molar-refractivity contribution in [3.8, 4) is 11.5 Å². The fraction of sp³-hybridized carbons (Fsp3) is 0.241. The Balaban J connectivity index is 1.78. The summed E-state index contributed by atoms with van der Waals surface area (Å²) in [7, 11) is 0. The first-order valence-electron chi connectivity index (χ1n) is 11.7. The van der Waals surface area contributed by atoms with Crippen molar-refractivity contribution < 1.29 is 28.9 Å². The van der Waals surface area contributed by atoms with E-state index < -0.39 is 23.5 Å². The summed E-state index contributed by atoms with van der Waals surface area (Å²) in [6, 6.07) is 16.0. The Morgan fingerprint density at radius 3 is 2.31 bits per heavy atom. The average molecular weight is 490 g/mol. The molecule has 0 radical (unpaired) electrons. The Bertz CT molecular complexity index is 1310. The van der Waals surface area contributed by atoms with Crippen molar-refractivity contribution in [1.82, 2.24) is 4.90 Å². The summed E-state index contributed by atoms with van der Waals surface area (Å²) in [6.07, 6.45) is 0. The van der Waals surface area contributed by atoms with Crippen LogP contribution in [0.15, 0.2) is 72.3 Å². The second-order valence-electron chi connectivity index (χ2n) is 9.33. The number of amides is 1. The highest BCUT2D eigenvalue weighted by Crippen LogP contribution is 2.41. The number of aliphatic hydroxyl groups excluding tert-OH is 1. The normalized spacial score (nSPS) is 17.1. The second-order valence-corrected chi connectivity index (χ2v) is 9.33. The van der Waals surface area contributed by atoms with Gasteiger partial charge in [0.15, 0.2) is 0 Å². The smallest absolute Gasteiger partial charge is 0.295 e. The van der Waals surface area contributed by atoms with Crippen molar-refractivity contribution in [3.63, 3.8) is 0 Å². The van der Waals surface area contributed by atoms with Gasteiger partial charge in [-0.2, -0.15) is 0 Å². The molecule has 1 aliphatic rings. The summed E-state index contributed by atoms with van der Waals surface area (Å²) in [4.78, 5) is 27.7. The van der Waals surface area contributed by atoms with Crippen LogP contribution in [0, 0.1) is 18.7 Å². The molecule has 36 heavy (non-hydrogen) atoms. The minimum Gasteiger partial charge on any atom is -0.508 e. The Labute approximate surface area is 209 Å². The molecule has 0 aromatic heterocycles. The van der Waals surface area contributed by atoms with Crippen LogP contribution in [0.25, 0.3) is 5.76 Å². The maximum Gasteiger partial charge on any atom is 0.295 e. The summed E-state index contributed by atoms with van der Waals surface area (Å²) in [5, 5.41) is 21.1. The van der Waals surface area contributed by atoms with Crippen LogP contribution >= 0.6 is 0 Å². The van der Waals surface area contributed by atoms with E-state index in [0.717, 1.165) is 5.56 Å². The molecule has 0 bridgehead atoms. The zero-order chi connectivity index (χ0) is 26.0. The van der Waals surface area contributed by atoms with Gasteiger partial charge in [0, 0.05) is 12.1 Å². The van der Waals surface area contributed by atoms with Crippen LogP contribution in [0.3, 0.4) is 0 Å². The second kappa shape index (κ2) is 10.2. The van der Waals surface area contributed by atoms with Crippen LogP contribution in [0.5, 0.6) is 11.5 Å². The summed E-state index contributed by atoms with van der Waals surface area (Å²) in [6.45, 7) is 6.51. The van der Waals surface area contributed by atoms with Crippen molar-refractivity contribution in [3.05, 3.63) is 100 Å². The average Bonchev–Trinajstić information content (AvgIpc) is 3.09. The van der Waals surface area contributed by atoms with Gasteiger partial charge in [0.25, 0.3) is 11.7 Å². The molecular formula is C29H28FNO5. The lowest BCUT2D eigenvalue weighted by Crippen LogP contribution is -2.29. The number of ketones is 1. The number of aromatic hydroxyl groups is 1. The molecule has 3 aromatic carbocycles. The van der Waals surface area contributed by atoms with Gasteiger partial charge in [-0.25, -0.2) is 4.39 Å². The van der Waals surface area contributed by atoms with Crippen LogP contribution in [0.1, 0.15) is 42.1 Å². The Kier molecular flexibility index (Phi) is 7.10. The van der Waals surface area contributed by atoms with E-state index in [1.54, 1.807) is 42.5 Å². The fourth-order valence-electron chi connectivity index (χ4n) is 4.20. The highest BCUT2D eigenvalue weighted by Gasteiger charge is 2.46. The van der Waals surface area contributed by atoms with E-state index in [0.29, 0.717) is 35.0 Å². The lowest BCUT2D eigenvalue weighted by molar-refractivity contribution is -0.140. The van der Waals surface area contributed by atoms with Crippen molar-refractivity contribution >= 4 is 17.4 Å². The largest absolute Gasteiger partial charge is 0.508 e. The van der Waals surface area contributed by atoms with Gasteiger partial charge in [-0.1, -0.05) is 38.1 Å². The number of halogens is 1.